The maximum atomic E-state index is 12.5. The Balaban J connectivity index is 1.30. The quantitative estimate of drug-likeness (QED) is 0.696. The molecule has 1 aliphatic heterocycles. The molecule has 5 heteroatoms. The zero-order chi connectivity index (χ0) is 20.2. The molecule has 2 aromatic carbocycles. The van der Waals surface area contributed by atoms with Crippen LogP contribution in [-0.4, -0.2) is 43.2 Å². The molecule has 1 N–H and O–H groups in total. The molecule has 29 heavy (non-hydrogen) atoms. The molecule has 1 amide bonds. The fourth-order valence-electron chi connectivity index (χ4n) is 3.88. The predicted octanol–water partition coefficient (Wildman–Crippen LogP) is 3.61. The number of furan rings is 1. The van der Waals surface area contributed by atoms with Gasteiger partial charge in [0, 0.05) is 37.1 Å². The van der Waals surface area contributed by atoms with Gasteiger partial charge in [-0.05, 0) is 30.5 Å². The number of amides is 1. The SMILES string of the molecule is Cc1ccc2c(CC(=O)NC[C@H]3CN(Cc4ccccc4)CCO3)coc2c1C. The standard InChI is InChI=1S/C24H28N2O3/c1-17-8-9-22-20(16-29-24(22)18(17)2)12-23(27)25-13-21-15-26(10-11-28-21)14-19-6-4-3-5-7-19/h3-9,16,21H,10-15H2,1-2H3,(H,25,27)/t21-/m0/s1. The summed E-state index contributed by atoms with van der Waals surface area (Å²) < 4.78 is 11.6. The summed E-state index contributed by atoms with van der Waals surface area (Å²) in [6, 6.07) is 14.6. The minimum atomic E-state index is -0.00490. The number of morpholine rings is 1. The van der Waals surface area contributed by atoms with E-state index in [2.05, 4.69) is 47.5 Å². The molecule has 152 valence electrons. The third-order valence-electron chi connectivity index (χ3n) is 5.69. The topological polar surface area (TPSA) is 54.7 Å². The van der Waals surface area contributed by atoms with E-state index in [1.165, 1.54) is 11.1 Å². The minimum Gasteiger partial charge on any atom is -0.464 e. The van der Waals surface area contributed by atoms with Crippen LogP contribution in [0.15, 0.2) is 53.1 Å². The van der Waals surface area contributed by atoms with Gasteiger partial charge in [-0.25, -0.2) is 0 Å². The van der Waals surface area contributed by atoms with Gasteiger partial charge in [0.1, 0.15) is 5.58 Å². The van der Waals surface area contributed by atoms with Crippen LogP contribution in [0, 0.1) is 13.8 Å². The number of fused-ring (bicyclic) bond motifs is 1. The van der Waals surface area contributed by atoms with E-state index in [4.69, 9.17) is 9.15 Å². The summed E-state index contributed by atoms with van der Waals surface area (Å²) in [4.78, 5) is 14.9. The van der Waals surface area contributed by atoms with Crippen LogP contribution >= 0.6 is 0 Å². The van der Waals surface area contributed by atoms with E-state index < -0.39 is 0 Å². The van der Waals surface area contributed by atoms with Crippen LogP contribution in [-0.2, 0) is 22.5 Å². The van der Waals surface area contributed by atoms with Gasteiger partial charge >= 0.3 is 0 Å². The lowest BCUT2D eigenvalue weighted by atomic mass is 10.0. The van der Waals surface area contributed by atoms with Crippen LogP contribution in [0.25, 0.3) is 11.0 Å². The molecule has 2 heterocycles. The Bertz CT molecular complexity index is 980. The molecule has 0 saturated carbocycles. The minimum absolute atomic E-state index is 0.00490. The van der Waals surface area contributed by atoms with Crippen molar-refractivity contribution >= 4 is 16.9 Å². The molecule has 1 aliphatic rings. The maximum absolute atomic E-state index is 12.5. The lowest BCUT2D eigenvalue weighted by Crippen LogP contribution is -2.47. The second-order valence-electron chi connectivity index (χ2n) is 7.84. The Morgan fingerprint density at radius 2 is 2.00 bits per heavy atom. The highest BCUT2D eigenvalue weighted by Crippen LogP contribution is 2.26. The molecule has 5 nitrogen and oxygen atoms in total. The molecule has 0 spiro atoms. The number of ether oxygens (including phenoxy) is 1. The number of nitrogens with zero attached hydrogens (tertiary/aromatic N) is 1. The smallest absolute Gasteiger partial charge is 0.224 e. The highest BCUT2D eigenvalue weighted by atomic mass is 16.5. The number of hydrogen-bond acceptors (Lipinski definition) is 4. The number of nitrogens with one attached hydrogen (secondary N) is 1. The monoisotopic (exact) mass is 392 g/mol. The molecule has 0 radical (unpaired) electrons. The van der Waals surface area contributed by atoms with Crippen molar-refractivity contribution in [1.29, 1.82) is 0 Å². The third-order valence-corrected chi connectivity index (χ3v) is 5.69. The van der Waals surface area contributed by atoms with Crippen molar-refractivity contribution < 1.29 is 13.9 Å². The summed E-state index contributed by atoms with van der Waals surface area (Å²) in [5.41, 5.74) is 5.42. The second-order valence-corrected chi connectivity index (χ2v) is 7.84. The van der Waals surface area contributed by atoms with Crippen LogP contribution in [0.3, 0.4) is 0 Å². The van der Waals surface area contributed by atoms with Gasteiger partial charge in [-0.3, -0.25) is 9.69 Å². The molecule has 4 rings (SSSR count). The first kappa shape index (κ1) is 19.7. The van der Waals surface area contributed by atoms with Gasteiger partial charge in [-0.1, -0.05) is 42.5 Å². The highest BCUT2D eigenvalue weighted by Gasteiger charge is 2.21. The Morgan fingerprint density at radius 3 is 2.83 bits per heavy atom. The number of carbonyl (C=O) groups excluding carboxylic acids is 1. The van der Waals surface area contributed by atoms with E-state index in [0.717, 1.165) is 41.7 Å². The molecule has 1 saturated heterocycles. The largest absolute Gasteiger partial charge is 0.464 e. The predicted molar refractivity (Wildman–Crippen MR) is 114 cm³/mol. The Kier molecular flexibility index (Phi) is 5.97. The molecule has 3 aromatic rings. The summed E-state index contributed by atoms with van der Waals surface area (Å²) in [6.45, 7) is 7.98. The number of aryl methyl sites for hydroxylation is 2. The van der Waals surface area contributed by atoms with E-state index in [9.17, 15) is 4.79 Å². The van der Waals surface area contributed by atoms with E-state index in [0.29, 0.717) is 19.6 Å². The van der Waals surface area contributed by atoms with Crippen molar-refractivity contribution in [2.24, 2.45) is 0 Å². The number of benzene rings is 2. The van der Waals surface area contributed by atoms with Crippen molar-refractivity contribution in [3.8, 4) is 0 Å². The van der Waals surface area contributed by atoms with Gasteiger partial charge in [-0.2, -0.15) is 0 Å². The average Bonchev–Trinajstić information content (AvgIpc) is 3.13. The van der Waals surface area contributed by atoms with Gasteiger partial charge in [0.2, 0.25) is 5.91 Å². The normalized spacial score (nSPS) is 17.5. The maximum Gasteiger partial charge on any atom is 0.224 e. The third kappa shape index (κ3) is 4.69. The van der Waals surface area contributed by atoms with Crippen LogP contribution in [0.1, 0.15) is 22.3 Å². The van der Waals surface area contributed by atoms with Crippen LogP contribution in [0.2, 0.25) is 0 Å². The van der Waals surface area contributed by atoms with E-state index >= 15 is 0 Å². The fourth-order valence-corrected chi connectivity index (χ4v) is 3.88. The Morgan fingerprint density at radius 1 is 1.17 bits per heavy atom. The zero-order valence-electron chi connectivity index (χ0n) is 17.1. The van der Waals surface area contributed by atoms with E-state index in [1.54, 1.807) is 6.26 Å². The van der Waals surface area contributed by atoms with Crippen molar-refractivity contribution in [2.45, 2.75) is 32.9 Å². The molecule has 1 fully saturated rings. The lowest BCUT2D eigenvalue weighted by Gasteiger charge is -2.33. The number of carbonyl (C=O) groups is 1. The van der Waals surface area contributed by atoms with Crippen LogP contribution < -0.4 is 5.32 Å². The Hall–Kier alpha value is -2.63. The van der Waals surface area contributed by atoms with Crippen molar-refractivity contribution in [3.63, 3.8) is 0 Å². The molecule has 1 aromatic heterocycles. The number of hydrogen-bond donors (Lipinski definition) is 1. The summed E-state index contributed by atoms with van der Waals surface area (Å²) >= 11 is 0. The molecule has 0 bridgehead atoms. The summed E-state index contributed by atoms with van der Waals surface area (Å²) in [5.74, 6) is -0.00490. The highest BCUT2D eigenvalue weighted by molar-refractivity contribution is 5.89. The molecular formula is C24H28N2O3. The van der Waals surface area contributed by atoms with E-state index in [-0.39, 0.29) is 12.0 Å². The number of rotatable bonds is 6. The van der Waals surface area contributed by atoms with Gasteiger partial charge in [0.15, 0.2) is 0 Å². The zero-order valence-corrected chi connectivity index (χ0v) is 17.1. The first-order valence-corrected chi connectivity index (χ1v) is 10.2. The summed E-state index contributed by atoms with van der Waals surface area (Å²) in [7, 11) is 0. The van der Waals surface area contributed by atoms with Gasteiger partial charge < -0.3 is 14.5 Å². The molecular weight excluding hydrogens is 364 g/mol. The fraction of sp³-hybridized carbons (Fsp3) is 0.375. The summed E-state index contributed by atoms with van der Waals surface area (Å²) in [6.07, 6.45) is 2.04. The summed E-state index contributed by atoms with van der Waals surface area (Å²) in [5, 5.41) is 4.05. The molecule has 0 unspecified atom stereocenters. The van der Waals surface area contributed by atoms with Crippen molar-refractivity contribution in [1.82, 2.24) is 10.2 Å². The lowest BCUT2D eigenvalue weighted by molar-refractivity contribution is -0.121. The van der Waals surface area contributed by atoms with Crippen molar-refractivity contribution in [2.75, 3.05) is 26.2 Å². The average molecular weight is 392 g/mol. The van der Waals surface area contributed by atoms with Gasteiger partial charge in [0.25, 0.3) is 0 Å². The second kappa shape index (κ2) is 8.80. The van der Waals surface area contributed by atoms with Crippen molar-refractivity contribution in [3.05, 3.63) is 71.0 Å². The van der Waals surface area contributed by atoms with Crippen LogP contribution in [0.5, 0.6) is 0 Å². The first-order valence-electron chi connectivity index (χ1n) is 10.2. The van der Waals surface area contributed by atoms with E-state index in [1.807, 2.05) is 19.1 Å². The Labute approximate surface area is 171 Å². The molecule has 0 aliphatic carbocycles. The van der Waals surface area contributed by atoms with Gasteiger partial charge in [0.05, 0.1) is 25.4 Å². The molecule has 1 atom stereocenters. The van der Waals surface area contributed by atoms with Gasteiger partial charge in [-0.15, -0.1) is 0 Å². The van der Waals surface area contributed by atoms with Crippen LogP contribution in [0.4, 0.5) is 0 Å². The first-order chi connectivity index (χ1) is 14.1.